The summed E-state index contributed by atoms with van der Waals surface area (Å²) in [6, 6.07) is 18.4. The minimum Gasteiger partial charge on any atom is -0.493 e. The van der Waals surface area contributed by atoms with Gasteiger partial charge in [0.25, 0.3) is 0 Å². The number of aromatic amines is 1. The van der Waals surface area contributed by atoms with Crippen molar-refractivity contribution in [3.05, 3.63) is 111 Å². The Kier molecular flexibility index (Phi) is 9.05. The van der Waals surface area contributed by atoms with E-state index in [1.54, 1.807) is 18.2 Å². The number of benzene rings is 4. The monoisotopic (exact) mass is 624 g/mol. The molecule has 5 aromatic rings. The zero-order chi connectivity index (χ0) is 31.3. The number of aromatic nitrogens is 2. The molecular weight excluding hydrogens is 601 g/mol. The second kappa shape index (κ2) is 13.1. The molecule has 1 N–H and O–H groups in total. The van der Waals surface area contributed by atoms with Crippen molar-refractivity contribution >= 4 is 35.2 Å². The fourth-order valence-electron chi connectivity index (χ4n) is 4.32. The first-order valence-electron chi connectivity index (χ1n) is 13.1. The molecule has 0 aliphatic carbocycles. The van der Waals surface area contributed by atoms with Crippen molar-refractivity contribution in [2.24, 2.45) is 0 Å². The summed E-state index contributed by atoms with van der Waals surface area (Å²) in [6.07, 6.45) is -3.23. The molecule has 226 valence electrons. The van der Waals surface area contributed by atoms with Gasteiger partial charge in [-0.3, -0.25) is 9.59 Å². The number of halogens is 4. The third-order valence-corrected chi connectivity index (χ3v) is 6.84. The predicted octanol–water partition coefficient (Wildman–Crippen LogP) is 7.61. The first-order chi connectivity index (χ1) is 21.2. The van der Waals surface area contributed by atoms with E-state index in [2.05, 4.69) is 9.97 Å². The minimum absolute atomic E-state index is 0.0961. The summed E-state index contributed by atoms with van der Waals surface area (Å²) < 4.78 is 62.6. The van der Waals surface area contributed by atoms with Crippen molar-refractivity contribution in [2.75, 3.05) is 7.11 Å². The Morgan fingerprint density at radius 3 is 2.00 bits per heavy atom. The number of alkyl halides is 3. The standard InChI is InChI=1S/C32H24ClF3N2O6/c1-41-29-12-19(14-39)4-8-27(29)44-18-31-37-25-7-3-22(11-26(25)38-31)17-43-30-13-20(15-40)5-9-28(30)42-16-21-2-6-24(33)23(10-21)32(34,35)36/h2-15H,16-18H2,1H3,(H,37,38). The van der Waals surface area contributed by atoms with Crippen molar-refractivity contribution < 1.29 is 41.7 Å². The van der Waals surface area contributed by atoms with Crippen LogP contribution in [0.1, 0.15) is 43.2 Å². The van der Waals surface area contributed by atoms with Crippen LogP contribution in [-0.2, 0) is 26.0 Å². The average molecular weight is 625 g/mol. The highest BCUT2D eigenvalue weighted by Crippen LogP contribution is 2.36. The zero-order valence-electron chi connectivity index (χ0n) is 23.1. The Hall–Kier alpha value is -5.03. The molecule has 12 heteroatoms. The molecule has 8 nitrogen and oxygen atoms in total. The molecule has 0 saturated carbocycles. The molecule has 0 atom stereocenters. The first-order valence-corrected chi connectivity index (χ1v) is 13.5. The number of methoxy groups -OCH3 is 1. The van der Waals surface area contributed by atoms with E-state index in [1.165, 1.54) is 37.4 Å². The van der Waals surface area contributed by atoms with Gasteiger partial charge in [0.15, 0.2) is 23.0 Å². The molecule has 0 bridgehead atoms. The highest BCUT2D eigenvalue weighted by molar-refractivity contribution is 6.31. The number of carbonyl (C=O) groups excluding carboxylic acids is 2. The number of hydrogen-bond donors (Lipinski definition) is 1. The summed E-state index contributed by atoms with van der Waals surface area (Å²) in [5, 5.41) is -0.403. The van der Waals surface area contributed by atoms with Crippen LogP contribution in [0.5, 0.6) is 23.0 Å². The first kappa shape index (κ1) is 30.4. The number of nitrogens with zero attached hydrogens (tertiary/aromatic N) is 1. The second-order valence-corrected chi connectivity index (χ2v) is 9.97. The largest absolute Gasteiger partial charge is 0.493 e. The van der Waals surface area contributed by atoms with Gasteiger partial charge in [0.1, 0.15) is 38.2 Å². The molecule has 44 heavy (non-hydrogen) atoms. The van der Waals surface area contributed by atoms with Crippen LogP contribution in [-0.4, -0.2) is 29.7 Å². The number of rotatable bonds is 12. The van der Waals surface area contributed by atoms with Crippen LogP contribution in [0.25, 0.3) is 11.0 Å². The van der Waals surface area contributed by atoms with Crippen LogP contribution in [0.2, 0.25) is 5.02 Å². The SMILES string of the molecule is COc1cc(C=O)ccc1OCc1nc2ccc(COc3cc(C=O)ccc3OCc3ccc(Cl)c(C(F)(F)F)c3)cc2[nH]1. The number of hydrogen-bond acceptors (Lipinski definition) is 7. The molecule has 0 amide bonds. The number of ether oxygens (including phenoxy) is 4. The number of carbonyl (C=O) groups is 2. The molecule has 0 aliphatic heterocycles. The predicted molar refractivity (Wildman–Crippen MR) is 156 cm³/mol. The fraction of sp³-hybridized carbons (Fsp3) is 0.156. The Bertz CT molecular complexity index is 1820. The van der Waals surface area contributed by atoms with E-state index >= 15 is 0 Å². The minimum atomic E-state index is -4.60. The smallest absolute Gasteiger partial charge is 0.417 e. The lowest BCUT2D eigenvalue weighted by atomic mass is 10.1. The van der Waals surface area contributed by atoms with Gasteiger partial charge in [0.05, 0.1) is 28.7 Å². The van der Waals surface area contributed by atoms with E-state index in [-0.39, 0.29) is 36.9 Å². The van der Waals surface area contributed by atoms with Crippen LogP contribution in [0.3, 0.4) is 0 Å². The summed E-state index contributed by atoms with van der Waals surface area (Å²) >= 11 is 5.71. The summed E-state index contributed by atoms with van der Waals surface area (Å²) in [7, 11) is 1.48. The van der Waals surface area contributed by atoms with Gasteiger partial charge in [-0.25, -0.2) is 4.98 Å². The van der Waals surface area contributed by atoms with Gasteiger partial charge in [0, 0.05) is 11.1 Å². The van der Waals surface area contributed by atoms with Crippen molar-refractivity contribution in [1.82, 2.24) is 9.97 Å². The Balaban J connectivity index is 1.27. The number of fused-ring (bicyclic) bond motifs is 1. The van der Waals surface area contributed by atoms with Crippen molar-refractivity contribution in [3.63, 3.8) is 0 Å². The lowest BCUT2D eigenvalue weighted by Crippen LogP contribution is -2.07. The quantitative estimate of drug-likeness (QED) is 0.143. The fourth-order valence-corrected chi connectivity index (χ4v) is 4.55. The van der Waals surface area contributed by atoms with Gasteiger partial charge in [-0.1, -0.05) is 23.7 Å². The topological polar surface area (TPSA) is 99.7 Å². The third kappa shape index (κ3) is 7.12. The maximum absolute atomic E-state index is 13.3. The Labute approximate surface area is 254 Å². The lowest BCUT2D eigenvalue weighted by molar-refractivity contribution is -0.137. The van der Waals surface area contributed by atoms with E-state index in [0.717, 1.165) is 23.4 Å². The Morgan fingerprint density at radius 2 is 1.34 bits per heavy atom. The molecular formula is C32H24ClF3N2O6. The maximum Gasteiger partial charge on any atom is 0.417 e. The van der Waals surface area contributed by atoms with Gasteiger partial charge in [-0.2, -0.15) is 13.2 Å². The van der Waals surface area contributed by atoms with Crippen LogP contribution in [0, 0.1) is 0 Å². The van der Waals surface area contributed by atoms with Crippen molar-refractivity contribution in [1.29, 1.82) is 0 Å². The number of nitrogens with one attached hydrogen (secondary N) is 1. The molecule has 0 aliphatic rings. The van der Waals surface area contributed by atoms with Gasteiger partial charge in [0.2, 0.25) is 0 Å². The third-order valence-electron chi connectivity index (χ3n) is 6.51. The van der Waals surface area contributed by atoms with Crippen LogP contribution < -0.4 is 18.9 Å². The van der Waals surface area contributed by atoms with E-state index in [4.69, 9.17) is 30.5 Å². The average Bonchev–Trinajstić information content (AvgIpc) is 3.44. The molecule has 0 spiro atoms. The van der Waals surface area contributed by atoms with E-state index in [0.29, 0.717) is 40.3 Å². The summed E-state index contributed by atoms with van der Waals surface area (Å²) in [5.74, 6) is 1.93. The molecule has 4 aromatic carbocycles. The second-order valence-electron chi connectivity index (χ2n) is 9.57. The molecule has 0 saturated heterocycles. The van der Waals surface area contributed by atoms with Crippen LogP contribution >= 0.6 is 11.6 Å². The molecule has 1 heterocycles. The molecule has 1 aromatic heterocycles. The van der Waals surface area contributed by atoms with Crippen LogP contribution in [0.4, 0.5) is 13.2 Å². The number of aldehydes is 2. The van der Waals surface area contributed by atoms with Crippen LogP contribution in [0.15, 0.2) is 72.8 Å². The molecule has 0 unspecified atom stereocenters. The van der Waals surface area contributed by atoms with Gasteiger partial charge in [-0.05, 0) is 71.8 Å². The lowest BCUT2D eigenvalue weighted by Gasteiger charge is -2.15. The Morgan fingerprint density at radius 1 is 0.750 bits per heavy atom. The molecule has 0 fully saturated rings. The zero-order valence-corrected chi connectivity index (χ0v) is 23.9. The summed E-state index contributed by atoms with van der Waals surface area (Å²) in [4.78, 5) is 30.1. The van der Waals surface area contributed by atoms with Gasteiger partial charge >= 0.3 is 6.18 Å². The van der Waals surface area contributed by atoms with Crippen molar-refractivity contribution in [2.45, 2.75) is 26.0 Å². The van der Waals surface area contributed by atoms with E-state index in [1.807, 2.05) is 18.2 Å². The van der Waals surface area contributed by atoms with Crippen molar-refractivity contribution in [3.8, 4) is 23.0 Å². The number of H-pyrrole nitrogens is 1. The molecule has 5 rings (SSSR count). The highest BCUT2D eigenvalue weighted by Gasteiger charge is 2.33. The van der Waals surface area contributed by atoms with Gasteiger partial charge < -0.3 is 23.9 Å². The summed E-state index contributed by atoms with van der Waals surface area (Å²) in [6.45, 7) is 0.0303. The maximum atomic E-state index is 13.3. The normalized spacial score (nSPS) is 11.3. The highest BCUT2D eigenvalue weighted by atomic mass is 35.5. The number of imidazole rings is 1. The van der Waals surface area contributed by atoms with E-state index in [9.17, 15) is 22.8 Å². The molecule has 0 radical (unpaired) electrons. The van der Waals surface area contributed by atoms with Gasteiger partial charge in [-0.15, -0.1) is 0 Å². The summed E-state index contributed by atoms with van der Waals surface area (Å²) in [5.41, 5.74) is 2.31. The van der Waals surface area contributed by atoms with E-state index < -0.39 is 16.8 Å².